The number of furan rings is 1. The van der Waals surface area contributed by atoms with Gasteiger partial charge in [-0.2, -0.15) is 19.5 Å². The molecule has 2 aliphatic heterocycles. The lowest BCUT2D eigenvalue weighted by molar-refractivity contribution is 0.0697. The summed E-state index contributed by atoms with van der Waals surface area (Å²) in [4.78, 5) is 36.1. The van der Waals surface area contributed by atoms with E-state index in [9.17, 15) is 9.90 Å². The maximum absolute atomic E-state index is 11.6. The lowest BCUT2D eigenvalue weighted by atomic mass is 9.97. The molecule has 2 saturated heterocycles. The zero-order valence-corrected chi connectivity index (χ0v) is 20.3. The first-order valence-electron chi connectivity index (χ1n) is 12.4. The van der Waals surface area contributed by atoms with Gasteiger partial charge in [0.25, 0.3) is 5.78 Å². The minimum Gasteiger partial charge on any atom is -0.478 e. The molecule has 2 aliphatic rings. The molecular formula is C24H28N10O3. The maximum Gasteiger partial charge on any atom is 0.337 e. The Morgan fingerprint density at radius 1 is 1.11 bits per heavy atom. The van der Waals surface area contributed by atoms with Crippen LogP contribution in [0.3, 0.4) is 0 Å². The average Bonchev–Trinajstić information content (AvgIpc) is 3.60. The summed E-state index contributed by atoms with van der Waals surface area (Å²) in [6.07, 6.45) is 6.91. The monoisotopic (exact) mass is 504 g/mol. The van der Waals surface area contributed by atoms with Crippen LogP contribution in [-0.4, -0.2) is 91.3 Å². The van der Waals surface area contributed by atoms with Crippen LogP contribution in [0.5, 0.6) is 0 Å². The fourth-order valence-electron chi connectivity index (χ4n) is 5.20. The van der Waals surface area contributed by atoms with Gasteiger partial charge in [0.15, 0.2) is 5.76 Å². The molecule has 192 valence electrons. The van der Waals surface area contributed by atoms with Gasteiger partial charge >= 0.3 is 5.97 Å². The maximum atomic E-state index is 11.6. The summed E-state index contributed by atoms with van der Waals surface area (Å²) in [5.74, 6) is 1.70. The molecule has 0 saturated carbocycles. The Hall–Kier alpha value is -4.26. The van der Waals surface area contributed by atoms with Crippen LogP contribution in [-0.2, 0) is 0 Å². The molecule has 13 heteroatoms. The Kier molecular flexibility index (Phi) is 6.04. The Bertz CT molecular complexity index is 1400. The van der Waals surface area contributed by atoms with Gasteiger partial charge in [-0.05, 0) is 37.0 Å². The van der Waals surface area contributed by atoms with E-state index >= 15 is 0 Å². The third-order valence-electron chi connectivity index (χ3n) is 7.02. The molecule has 0 aliphatic carbocycles. The first kappa shape index (κ1) is 23.2. The summed E-state index contributed by atoms with van der Waals surface area (Å²) >= 11 is 0. The number of rotatable bonds is 6. The summed E-state index contributed by atoms with van der Waals surface area (Å²) in [6.45, 7) is 5.94. The molecule has 3 N–H and O–H groups in total. The van der Waals surface area contributed by atoms with E-state index in [1.165, 1.54) is 10.7 Å². The number of carboxylic acids is 1. The van der Waals surface area contributed by atoms with E-state index in [-0.39, 0.29) is 5.95 Å². The number of aromatic carboxylic acids is 1. The number of aromatic nitrogens is 6. The van der Waals surface area contributed by atoms with Crippen LogP contribution in [0.4, 0.5) is 17.6 Å². The molecule has 0 spiro atoms. The molecular weight excluding hydrogens is 476 g/mol. The van der Waals surface area contributed by atoms with Gasteiger partial charge in [-0.1, -0.05) is 0 Å². The third-order valence-corrected chi connectivity index (χ3v) is 7.02. The van der Waals surface area contributed by atoms with Crippen molar-refractivity contribution in [1.29, 1.82) is 0 Å². The van der Waals surface area contributed by atoms with E-state index in [0.717, 1.165) is 58.7 Å². The third kappa shape index (κ3) is 4.65. The van der Waals surface area contributed by atoms with Crippen molar-refractivity contribution in [2.24, 2.45) is 5.92 Å². The first-order chi connectivity index (χ1) is 18.0. The molecule has 1 unspecified atom stereocenters. The molecule has 0 amide bonds. The Labute approximate surface area is 212 Å². The van der Waals surface area contributed by atoms with Crippen LogP contribution in [0.15, 0.2) is 41.3 Å². The van der Waals surface area contributed by atoms with E-state index < -0.39 is 5.97 Å². The summed E-state index contributed by atoms with van der Waals surface area (Å²) < 4.78 is 6.83. The Balaban J connectivity index is 1.10. The number of piperazine rings is 1. The molecule has 13 nitrogen and oxygen atoms in total. The molecule has 2 fully saturated rings. The van der Waals surface area contributed by atoms with E-state index in [1.54, 1.807) is 30.7 Å². The Morgan fingerprint density at radius 3 is 2.76 bits per heavy atom. The van der Waals surface area contributed by atoms with Crippen molar-refractivity contribution in [3.63, 3.8) is 0 Å². The van der Waals surface area contributed by atoms with Crippen LogP contribution in [0.1, 0.15) is 23.2 Å². The van der Waals surface area contributed by atoms with Crippen molar-refractivity contribution in [2.75, 3.05) is 61.3 Å². The van der Waals surface area contributed by atoms with E-state index in [2.05, 4.69) is 39.7 Å². The second-order valence-corrected chi connectivity index (χ2v) is 9.45. The van der Waals surface area contributed by atoms with Gasteiger partial charge in [0.2, 0.25) is 17.7 Å². The van der Waals surface area contributed by atoms with Crippen molar-refractivity contribution in [3.05, 3.63) is 42.4 Å². The van der Waals surface area contributed by atoms with Crippen LogP contribution in [0.2, 0.25) is 0 Å². The van der Waals surface area contributed by atoms with Gasteiger partial charge in [-0.15, -0.1) is 5.10 Å². The molecule has 0 bridgehead atoms. The Morgan fingerprint density at radius 2 is 1.97 bits per heavy atom. The largest absolute Gasteiger partial charge is 0.478 e. The zero-order chi connectivity index (χ0) is 25.4. The SMILES string of the molecule is Nc1nc(N2CCCC(CN3CCN(c4cnccc4C(=O)O)CC3)C2)nc2nc(-c3ccco3)nn12. The van der Waals surface area contributed by atoms with Crippen molar-refractivity contribution >= 4 is 29.3 Å². The number of nitrogen functional groups attached to an aromatic ring is 1. The molecule has 4 aromatic heterocycles. The topological polar surface area (TPSA) is 155 Å². The number of anilines is 3. The van der Waals surface area contributed by atoms with Crippen molar-refractivity contribution in [2.45, 2.75) is 12.8 Å². The highest BCUT2D eigenvalue weighted by atomic mass is 16.4. The number of piperidine rings is 1. The van der Waals surface area contributed by atoms with Crippen molar-refractivity contribution in [1.82, 2.24) is 34.4 Å². The number of fused-ring (bicyclic) bond motifs is 1. The number of hydrogen-bond acceptors (Lipinski definition) is 11. The quantitative estimate of drug-likeness (QED) is 0.391. The van der Waals surface area contributed by atoms with Gasteiger partial charge in [0.05, 0.1) is 23.7 Å². The number of hydrogen-bond donors (Lipinski definition) is 2. The molecule has 0 radical (unpaired) electrons. The highest BCUT2D eigenvalue weighted by Crippen LogP contribution is 2.25. The number of carboxylic acid groups (broad SMARTS) is 1. The van der Waals surface area contributed by atoms with Crippen LogP contribution >= 0.6 is 0 Å². The minimum atomic E-state index is -0.925. The summed E-state index contributed by atoms with van der Waals surface area (Å²) in [5, 5.41) is 13.9. The molecule has 6 rings (SSSR count). The van der Waals surface area contributed by atoms with Gasteiger partial charge in [0.1, 0.15) is 0 Å². The fraction of sp³-hybridized carbons (Fsp3) is 0.417. The van der Waals surface area contributed by atoms with E-state index in [0.29, 0.717) is 40.5 Å². The number of pyridine rings is 1. The first-order valence-corrected chi connectivity index (χ1v) is 12.4. The number of nitrogens with two attached hydrogens (primary N) is 1. The predicted molar refractivity (Wildman–Crippen MR) is 135 cm³/mol. The molecule has 37 heavy (non-hydrogen) atoms. The predicted octanol–water partition coefficient (Wildman–Crippen LogP) is 1.49. The minimum absolute atomic E-state index is 0.236. The molecule has 1 atom stereocenters. The zero-order valence-electron chi connectivity index (χ0n) is 20.3. The van der Waals surface area contributed by atoms with Gasteiger partial charge in [-0.25, -0.2) is 4.79 Å². The lowest BCUT2D eigenvalue weighted by Crippen LogP contribution is -2.50. The molecule has 0 aromatic carbocycles. The van der Waals surface area contributed by atoms with Crippen molar-refractivity contribution in [3.8, 4) is 11.6 Å². The van der Waals surface area contributed by atoms with E-state index in [4.69, 9.17) is 10.2 Å². The highest BCUT2D eigenvalue weighted by Gasteiger charge is 2.27. The summed E-state index contributed by atoms with van der Waals surface area (Å²) in [6, 6.07) is 5.13. The summed E-state index contributed by atoms with van der Waals surface area (Å²) in [7, 11) is 0. The number of nitrogens with zero attached hydrogens (tertiary/aromatic N) is 9. The van der Waals surface area contributed by atoms with Crippen LogP contribution in [0, 0.1) is 5.92 Å². The van der Waals surface area contributed by atoms with Gasteiger partial charge < -0.3 is 25.1 Å². The summed E-state index contributed by atoms with van der Waals surface area (Å²) in [5.41, 5.74) is 7.19. The smallest absolute Gasteiger partial charge is 0.337 e. The van der Waals surface area contributed by atoms with Crippen molar-refractivity contribution < 1.29 is 14.3 Å². The second-order valence-electron chi connectivity index (χ2n) is 9.45. The molecule has 4 aromatic rings. The molecule has 6 heterocycles. The van der Waals surface area contributed by atoms with Crippen LogP contribution in [0.25, 0.3) is 17.4 Å². The fourth-order valence-corrected chi connectivity index (χ4v) is 5.20. The van der Waals surface area contributed by atoms with Gasteiger partial charge in [0, 0.05) is 52.0 Å². The highest BCUT2D eigenvalue weighted by molar-refractivity contribution is 5.94. The van der Waals surface area contributed by atoms with Crippen LogP contribution < -0.4 is 15.5 Å². The number of carbonyl (C=O) groups is 1. The van der Waals surface area contributed by atoms with Gasteiger partial charge in [-0.3, -0.25) is 9.88 Å². The standard InChI is InChI=1S/C24H28N10O3/c25-22-28-23(29-24-27-20(30-34(22)24)19-4-2-12-37-19)33-7-1-3-16(15-33)14-31-8-10-32(11-9-31)18-13-26-6-5-17(18)21(35)36/h2,4-6,12-13,16H,1,3,7-11,14-15H2,(H,35,36)(H2,25,27,28,29,30). The average molecular weight is 505 g/mol. The lowest BCUT2D eigenvalue weighted by Gasteiger charge is -2.40. The second kappa shape index (κ2) is 9.65. The van der Waals surface area contributed by atoms with E-state index in [1.807, 2.05) is 0 Å². The normalized spacial score (nSPS) is 19.0.